The summed E-state index contributed by atoms with van der Waals surface area (Å²) in [5.74, 6) is -0.327. The van der Waals surface area contributed by atoms with Gasteiger partial charge in [-0.3, -0.25) is 19.7 Å². The first-order valence-electron chi connectivity index (χ1n) is 10.8. The molecule has 7 atom stereocenters. The van der Waals surface area contributed by atoms with Gasteiger partial charge in [-0.15, -0.1) is 0 Å². The molecule has 0 heterocycles. The van der Waals surface area contributed by atoms with Crippen LogP contribution in [0.5, 0.6) is 0 Å². The van der Waals surface area contributed by atoms with Crippen LogP contribution in [0.25, 0.3) is 0 Å². The number of fused-ring (bicyclic) bond motifs is 5. The molecule has 0 aliphatic heterocycles. The number of carbonyl (C=O) groups is 2. The summed E-state index contributed by atoms with van der Waals surface area (Å²) >= 11 is 0. The molecule has 160 valence electrons. The monoisotopic (exact) mass is 405 g/mol. The van der Waals surface area contributed by atoms with Crippen molar-refractivity contribution in [3.8, 4) is 0 Å². The number of rotatable bonds is 3. The Morgan fingerprint density at radius 3 is 2.31 bits per heavy atom. The molecule has 4 rings (SSSR count). The highest BCUT2D eigenvalue weighted by atomic mass is 16.6. The number of allylic oxidation sites excluding steroid dienone is 1. The lowest BCUT2D eigenvalue weighted by Gasteiger charge is -2.49. The average molecular weight is 405 g/mol. The molecule has 0 amide bonds. The summed E-state index contributed by atoms with van der Waals surface area (Å²) in [7, 11) is 0. The SMILES string of the molecule is CC(=O)O[C@H]1CC[C@@]2(C)C(=C([N+](=O)[O-])[C@H]3[C@@H]4CC[C@H](OC(C)=O)[C@@]4(C)CC[C@@H]32)C1. The van der Waals surface area contributed by atoms with Gasteiger partial charge in [0, 0.05) is 31.3 Å². The highest BCUT2D eigenvalue weighted by molar-refractivity contribution is 5.66. The third kappa shape index (κ3) is 2.99. The Morgan fingerprint density at radius 2 is 1.69 bits per heavy atom. The van der Waals surface area contributed by atoms with Crippen molar-refractivity contribution in [2.75, 3.05) is 0 Å². The molecule has 4 aliphatic rings. The quantitative estimate of drug-likeness (QED) is 0.400. The molecule has 3 saturated carbocycles. The Balaban J connectivity index is 1.72. The predicted molar refractivity (Wildman–Crippen MR) is 104 cm³/mol. The highest BCUT2D eigenvalue weighted by Gasteiger charge is 2.66. The topological polar surface area (TPSA) is 95.7 Å². The molecular formula is C22H31NO6. The second-order valence-electron chi connectivity index (χ2n) is 9.97. The molecule has 0 spiro atoms. The van der Waals surface area contributed by atoms with Crippen LogP contribution in [-0.2, 0) is 19.1 Å². The van der Waals surface area contributed by atoms with Crippen LogP contribution in [-0.4, -0.2) is 29.1 Å². The molecule has 0 unspecified atom stereocenters. The van der Waals surface area contributed by atoms with E-state index >= 15 is 0 Å². The molecule has 7 heteroatoms. The fourth-order valence-corrected chi connectivity index (χ4v) is 7.33. The second-order valence-corrected chi connectivity index (χ2v) is 9.97. The van der Waals surface area contributed by atoms with Gasteiger partial charge in [0.25, 0.3) is 0 Å². The van der Waals surface area contributed by atoms with Crippen molar-refractivity contribution in [3.05, 3.63) is 21.4 Å². The molecule has 0 N–H and O–H groups in total. The molecule has 0 aromatic rings. The van der Waals surface area contributed by atoms with E-state index in [-0.39, 0.29) is 57.7 Å². The molecule has 0 saturated heterocycles. The van der Waals surface area contributed by atoms with E-state index in [2.05, 4.69) is 13.8 Å². The Morgan fingerprint density at radius 1 is 1.00 bits per heavy atom. The van der Waals surface area contributed by atoms with Crippen LogP contribution >= 0.6 is 0 Å². The minimum absolute atomic E-state index is 0.111. The maximum absolute atomic E-state index is 12.3. The van der Waals surface area contributed by atoms with Gasteiger partial charge >= 0.3 is 11.9 Å². The number of carbonyl (C=O) groups excluding carboxylic acids is 2. The van der Waals surface area contributed by atoms with E-state index in [1.807, 2.05) is 0 Å². The van der Waals surface area contributed by atoms with Crippen molar-refractivity contribution < 1.29 is 24.0 Å². The molecule has 7 nitrogen and oxygen atoms in total. The summed E-state index contributed by atoms with van der Waals surface area (Å²) in [6, 6.07) is 0. The standard InChI is InChI=1S/C22H31NO6/c1-12(24)28-14-7-9-21(3)16-8-10-22(4)15(5-6-18(22)29-13(2)25)19(16)20(23(26)27)17(21)11-14/h14-16,18-19H,5-11H2,1-4H3/t14-,15-,16-,18-,19-,21+,22-/m0/s1. The van der Waals surface area contributed by atoms with Gasteiger partial charge in [0.2, 0.25) is 5.70 Å². The minimum Gasteiger partial charge on any atom is -0.462 e. The third-order valence-corrected chi connectivity index (χ3v) is 8.57. The lowest BCUT2D eigenvalue weighted by atomic mass is 9.55. The van der Waals surface area contributed by atoms with E-state index in [1.165, 1.54) is 13.8 Å². The van der Waals surface area contributed by atoms with Crippen molar-refractivity contribution in [2.45, 2.75) is 84.8 Å². The van der Waals surface area contributed by atoms with E-state index in [1.54, 1.807) is 0 Å². The van der Waals surface area contributed by atoms with Gasteiger partial charge in [0.1, 0.15) is 12.2 Å². The Bertz CT molecular complexity index is 790. The maximum Gasteiger partial charge on any atom is 0.302 e. The van der Waals surface area contributed by atoms with Crippen LogP contribution in [0, 0.1) is 38.7 Å². The van der Waals surface area contributed by atoms with Gasteiger partial charge in [-0.25, -0.2) is 0 Å². The van der Waals surface area contributed by atoms with Crippen molar-refractivity contribution >= 4 is 11.9 Å². The summed E-state index contributed by atoms with van der Waals surface area (Å²) in [5, 5.41) is 12.3. The summed E-state index contributed by atoms with van der Waals surface area (Å²) in [6.45, 7) is 7.17. The lowest BCUT2D eigenvalue weighted by molar-refractivity contribution is -0.437. The number of ether oxygens (including phenoxy) is 2. The van der Waals surface area contributed by atoms with Crippen molar-refractivity contribution in [2.24, 2.45) is 28.6 Å². The number of hydrogen-bond donors (Lipinski definition) is 0. The van der Waals surface area contributed by atoms with Crippen LogP contribution in [0.2, 0.25) is 0 Å². The fraction of sp³-hybridized carbons (Fsp3) is 0.818. The van der Waals surface area contributed by atoms with E-state index in [9.17, 15) is 19.7 Å². The summed E-state index contributed by atoms with van der Waals surface area (Å²) in [4.78, 5) is 35.2. The third-order valence-electron chi connectivity index (χ3n) is 8.57. The Kier molecular flexibility index (Phi) is 4.78. The van der Waals surface area contributed by atoms with Gasteiger partial charge < -0.3 is 9.47 Å². The zero-order valence-electron chi connectivity index (χ0n) is 17.7. The molecular weight excluding hydrogens is 374 g/mol. The van der Waals surface area contributed by atoms with E-state index in [0.717, 1.165) is 44.1 Å². The zero-order valence-corrected chi connectivity index (χ0v) is 17.7. The van der Waals surface area contributed by atoms with Gasteiger partial charge in [-0.2, -0.15) is 0 Å². The van der Waals surface area contributed by atoms with E-state index in [0.29, 0.717) is 12.1 Å². The van der Waals surface area contributed by atoms with Gasteiger partial charge in [-0.1, -0.05) is 13.8 Å². The fourth-order valence-electron chi connectivity index (χ4n) is 7.33. The lowest BCUT2D eigenvalue weighted by Crippen LogP contribution is -2.47. The molecule has 4 aliphatic carbocycles. The molecule has 29 heavy (non-hydrogen) atoms. The van der Waals surface area contributed by atoms with Crippen LogP contribution in [0.4, 0.5) is 0 Å². The number of nitrogens with zero attached hydrogens (tertiary/aromatic N) is 1. The molecule has 0 aromatic carbocycles. The zero-order chi connectivity index (χ0) is 21.1. The van der Waals surface area contributed by atoms with Gasteiger partial charge in [0.05, 0.1) is 10.8 Å². The number of hydrogen-bond acceptors (Lipinski definition) is 6. The van der Waals surface area contributed by atoms with Crippen molar-refractivity contribution in [1.29, 1.82) is 0 Å². The number of nitro groups is 1. The normalized spacial score (nSPS) is 43.2. The first-order chi connectivity index (χ1) is 13.6. The molecule has 3 fully saturated rings. The largest absolute Gasteiger partial charge is 0.462 e. The number of esters is 2. The van der Waals surface area contributed by atoms with Gasteiger partial charge in [-0.05, 0) is 55.8 Å². The summed E-state index contributed by atoms with van der Waals surface area (Å²) in [6.07, 6.45) is 5.07. The van der Waals surface area contributed by atoms with Crippen LogP contribution < -0.4 is 0 Å². The highest BCUT2D eigenvalue weighted by Crippen LogP contribution is 2.68. The van der Waals surface area contributed by atoms with Crippen molar-refractivity contribution in [3.63, 3.8) is 0 Å². The molecule has 0 bridgehead atoms. The predicted octanol–water partition coefficient (Wildman–Crippen LogP) is 4.03. The van der Waals surface area contributed by atoms with Crippen LogP contribution in [0.3, 0.4) is 0 Å². The van der Waals surface area contributed by atoms with Gasteiger partial charge in [0.15, 0.2) is 0 Å². The van der Waals surface area contributed by atoms with E-state index in [4.69, 9.17) is 9.47 Å². The van der Waals surface area contributed by atoms with Crippen LogP contribution in [0.1, 0.15) is 72.6 Å². The average Bonchev–Trinajstić information content (AvgIpc) is 3.06. The summed E-state index contributed by atoms with van der Waals surface area (Å²) < 4.78 is 11.1. The first-order valence-corrected chi connectivity index (χ1v) is 10.8. The molecule has 0 aromatic heterocycles. The Labute approximate surface area is 171 Å². The second kappa shape index (κ2) is 6.81. The summed E-state index contributed by atoms with van der Waals surface area (Å²) in [5.41, 5.74) is 0.849. The smallest absolute Gasteiger partial charge is 0.302 e. The van der Waals surface area contributed by atoms with Crippen LogP contribution in [0.15, 0.2) is 11.3 Å². The molecule has 0 radical (unpaired) electrons. The Hall–Kier alpha value is -1.92. The maximum atomic E-state index is 12.3. The first kappa shape index (κ1) is 20.4. The minimum atomic E-state index is -0.329. The van der Waals surface area contributed by atoms with E-state index < -0.39 is 0 Å². The van der Waals surface area contributed by atoms with Crippen molar-refractivity contribution in [1.82, 2.24) is 0 Å².